The molecule has 0 radical (unpaired) electrons. The quantitative estimate of drug-likeness (QED) is 0.884. The summed E-state index contributed by atoms with van der Waals surface area (Å²) >= 11 is 0. The summed E-state index contributed by atoms with van der Waals surface area (Å²) in [6.45, 7) is 6.43. The highest BCUT2D eigenvalue weighted by Gasteiger charge is 2.16. The van der Waals surface area contributed by atoms with Crippen molar-refractivity contribution < 1.29 is 8.78 Å². The lowest BCUT2D eigenvalue weighted by molar-refractivity contribution is 0.494. The predicted octanol–water partition coefficient (Wildman–Crippen LogP) is 4.50. The molecule has 2 N–H and O–H groups in total. The van der Waals surface area contributed by atoms with Crippen LogP contribution in [-0.4, -0.2) is 0 Å². The van der Waals surface area contributed by atoms with Gasteiger partial charge in [0.2, 0.25) is 0 Å². The molecule has 0 aromatic heterocycles. The normalized spacial score (nSPS) is 13.2. The van der Waals surface area contributed by atoms with Crippen LogP contribution in [0, 0.1) is 11.6 Å². The minimum atomic E-state index is -0.831. The van der Waals surface area contributed by atoms with Crippen LogP contribution >= 0.6 is 0 Å². The van der Waals surface area contributed by atoms with Crippen LogP contribution in [0.1, 0.15) is 43.5 Å². The summed E-state index contributed by atoms with van der Waals surface area (Å²) in [4.78, 5) is 0. The van der Waals surface area contributed by atoms with Crippen molar-refractivity contribution in [3.8, 4) is 0 Å². The van der Waals surface area contributed by atoms with Gasteiger partial charge in [0.1, 0.15) is 0 Å². The van der Waals surface area contributed by atoms with E-state index in [2.05, 4.69) is 20.8 Å². The summed E-state index contributed by atoms with van der Waals surface area (Å²) in [5, 5.41) is 0. The number of hydrogen-bond acceptors (Lipinski definition) is 1. The first-order chi connectivity index (χ1) is 9.79. The van der Waals surface area contributed by atoms with Gasteiger partial charge in [0, 0.05) is 6.04 Å². The molecule has 0 amide bonds. The van der Waals surface area contributed by atoms with E-state index in [-0.39, 0.29) is 17.9 Å². The Morgan fingerprint density at radius 2 is 1.62 bits per heavy atom. The molecule has 2 rings (SSSR count). The largest absolute Gasteiger partial charge is 0.324 e. The maximum absolute atomic E-state index is 13.7. The Balaban J connectivity index is 2.17. The van der Waals surface area contributed by atoms with Crippen LogP contribution < -0.4 is 5.73 Å². The zero-order valence-electron chi connectivity index (χ0n) is 12.7. The van der Waals surface area contributed by atoms with E-state index in [4.69, 9.17) is 5.73 Å². The van der Waals surface area contributed by atoms with Crippen molar-refractivity contribution in [2.75, 3.05) is 0 Å². The van der Waals surface area contributed by atoms with Gasteiger partial charge < -0.3 is 5.73 Å². The van der Waals surface area contributed by atoms with Gasteiger partial charge in [-0.05, 0) is 34.6 Å². The second-order valence-corrected chi connectivity index (χ2v) is 6.40. The van der Waals surface area contributed by atoms with Crippen LogP contribution in [0.2, 0.25) is 0 Å². The first-order valence-electron chi connectivity index (χ1n) is 7.08. The first-order valence-corrected chi connectivity index (χ1v) is 7.08. The van der Waals surface area contributed by atoms with E-state index < -0.39 is 11.6 Å². The highest BCUT2D eigenvalue weighted by Crippen LogP contribution is 2.25. The minimum absolute atomic E-state index is 0.0806. The van der Waals surface area contributed by atoms with Crippen molar-refractivity contribution in [2.24, 2.45) is 5.73 Å². The molecule has 21 heavy (non-hydrogen) atoms. The third kappa shape index (κ3) is 3.67. The second kappa shape index (κ2) is 5.94. The second-order valence-electron chi connectivity index (χ2n) is 6.40. The molecule has 0 aliphatic heterocycles. The number of hydrogen-bond donors (Lipinski definition) is 1. The SMILES string of the molecule is CC(C)(C)c1ccc(C(N)Cc2cccc(F)c2F)cc1. The lowest BCUT2D eigenvalue weighted by Crippen LogP contribution is -2.16. The van der Waals surface area contributed by atoms with Gasteiger partial charge in [-0.3, -0.25) is 0 Å². The number of nitrogens with two attached hydrogens (primary N) is 1. The molecule has 112 valence electrons. The lowest BCUT2D eigenvalue weighted by Gasteiger charge is -2.20. The average molecular weight is 289 g/mol. The topological polar surface area (TPSA) is 26.0 Å². The van der Waals surface area contributed by atoms with Gasteiger partial charge >= 0.3 is 0 Å². The van der Waals surface area contributed by atoms with Gasteiger partial charge in [-0.15, -0.1) is 0 Å². The van der Waals surface area contributed by atoms with E-state index in [1.165, 1.54) is 11.6 Å². The van der Waals surface area contributed by atoms with Gasteiger partial charge in [-0.1, -0.05) is 57.2 Å². The molecule has 1 unspecified atom stereocenters. The minimum Gasteiger partial charge on any atom is -0.324 e. The van der Waals surface area contributed by atoms with E-state index >= 15 is 0 Å². The molecule has 0 spiro atoms. The number of halogens is 2. The first kappa shape index (κ1) is 15.6. The van der Waals surface area contributed by atoms with Crippen molar-refractivity contribution >= 4 is 0 Å². The molecule has 0 bridgehead atoms. The summed E-state index contributed by atoms with van der Waals surface area (Å²) < 4.78 is 26.9. The molecule has 0 aliphatic rings. The molecular weight excluding hydrogens is 268 g/mol. The van der Waals surface area contributed by atoms with Gasteiger partial charge in [-0.25, -0.2) is 8.78 Å². The van der Waals surface area contributed by atoms with Crippen molar-refractivity contribution in [2.45, 2.75) is 38.6 Å². The van der Waals surface area contributed by atoms with E-state index in [1.54, 1.807) is 6.07 Å². The molecule has 0 heterocycles. The molecule has 1 atom stereocenters. The molecule has 0 aliphatic carbocycles. The van der Waals surface area contributed by atoms with Crippen molar-refractivity contribution in [1.29, 1.82) is 0 Å². The van der Waals surface area contributed by atoms with Crippen LogP contribution in [0.25, 0.3) is 0 Å². The maximum Gasteiger partial charge on any atom is 0.162 e. The third-order valence-corrected chi connectivity index (χ3v) is 3.68. The third-order valence-electron chi connectivity index (χ3n) is 3.68. The van der Waals surface area contributed by atoms with Crippen LogP contribution in [0.3, 0.4) is 0 Å². The molecular formula is C18H21F2N. The van der Waals surface area contributed by atoms with E-state index in [0.717, 1.165) is 11.6 Å². The van der Waals surface area contributed by atoms with Gasteiger partial charge in [-0.2, -0.15) is 0 Å². The Labute approximate surface area is 124 Å². The van der Waals surface area contributed by atoms with Crippen LogP contribution in [-0.2, 0) is 11.8 Å². The van der Waals surface area contributed by atoms with Crippen LogP contribution in [0.15, 0.2) is 42.5 Å². The lowest BCUT2D eigenvalue weighted by atomic mass is 9.86. The molecule has 2 aromatic carbocycles. The molecule has 2 aromatic rings. The van der Waals surface area contributed by atoms with Gasteiger partial charge in [0.25, 0.3) is 0 Å². The van der Waals surface area contributed by atoms with Crippen LogP contribution in [0.4, 0.5) is 8.78 Å². The summed E-state index contributed by atoms with van der Waals surface area (Å²) in [7, 11) is 0. The summed E-state index contributed by atoms with van der Waals surface area (Å²) in [6.07, 6.45) is 0.276. The molecule has 3 heteroatoms. The number of rotatable bonds is 3. The zero-order valence-corrected chi connectivity index (χ0v) is 12.7. The van der Waals surface area contributed by atoms with Crippen molar-refractivity contribution in [3.63, 3.8) is 0 Å². The Morgan fingerprint density at radius 3 is 2.19 bits per heavy atom. The predicted molar refractivity (Wildman–Crippen MR) is 82.1 cm³/mol. The van der Waals surface area contributed by atoms with Crippen molar-refractivity contribution in [1.82, 2.24) is 0 Å². The fourth-order valence-electron chi connectivity index (χ4n) is 2.29. The summed E-state index contributed by atoms with van der Waals surface area (Å²) in [5.41, 5.74) is 8.65. The standard InChI is InChI=1S/C18H21F2N/c1-18(2,3)14-9-7-12(8-10-14)16(21)11-13-5-4-6-15(19)17(13)20/h4-10,16H,11,21H2,1-3H3. The summed E-state index contributed by atoms with van der Waals surface area (Å²) in [5.74, 6) is -1.64. The Hall–Kier alpha value is -1.74. The Bertz CT molecular complexity index is 612. The average Bonchev–Trinajstić information content (AvgIpc) is 2.43. The molecule has 0 saturated heterocycles. The van der Waals surface area contributed by atoms with E-state index in [9.17, 15) is 8.78 Å². The number of benzene rings is 2. The van der Waals surface area contributed by atoms with E-state index in [1.807, 2.05) is 24.3 Å². The maximum atomic E-state index is 13.7. The molecule has 0 saturated carbocycles. The smallest absolute Gasteiger partial charge is 0.162 e. The zero-order chi connectivity index (χ0) is 15.6. The van der Waals surface area contributed by atoms with Crippen LogP contribution in [0.5, 0.6) is 0 Å². The Kier molecular flexibility index (Phi) is 4.43. The van der Waals surface area contributed by atoms with Gasteiger partial charge in [0.15, 0.2) is 11.6 Å². The van der Waals surface area contributed by atoms with Gasteiger partial charge in [0.05, 0.1) is 0 Å². The fourth-order valence-corrected chi connectivity index (χ4v) is 2.29. The molecule has 1 nitrogen and oxygen atoms in total. The Morgan fingerprint density at radius 1 is 1.00 bits per heavy atom. The monoisotopic (exact) mass is 289 g/mol. The molecule has 0 fully saturated rings. The fraction of sp³-hybridized carbons (Fsp3) is 0.333. The highest BCUT2D eigenvalue weighted by atomic mass is 19.2. The summed E-state index contributed by atoms with van der Waals surface area (Å²) in [6, 6.07) is 11.8. The van der Waals surface area contributed by atoms with Crippen molar-refractivity contribution in [3.05, 3.63) is 70.8 Å². The highest BCUT2D eigenvalue weighted by molar-refractivity contribution is 5.30. The van der Waals surface area contributed by atoms with E-state index in [0.29, 0.717) is 5.56 Å².